The maximum absolute atomic E-state index is 14.6. The Labute approximate surface area is 189 Å². The normalized spacial score (nSPS) is 25.6. The maximum Gasteiger partial charge on any atom is 0.223 e. The van der Waals surface area contributed by atoms with E-state index in [2.05, 4.69) is 10.2 Å². The van der Waals surface area contributed by atoms with Crippen molar-refractivity contribution in [2.75, 3.05) is 32.8 Å². The molecule has 1 aliphatic carbocycles. The number of ether oxygens (including phenoxy) is 1. The minimum Gasteiger partial charge on any atom is -0.376 e. The fourth-order valence-corrected chi connectivity index (χ4v) is 4.65. The van der Waals surface area contributed by atoms with E-state index in [0.717, 1.165) is 19.3 Å². The zero-order chi connectivity index (χ0) is 19.4. The van der Waals surface area contributed by atoms with Crippen molar-refractivity contribution in [3.05, 3.63) is 34.6 Å². The van der Waals surface area contributed by atoms with Crippen molar-refractivity contribution in [1.82, 2.24) is 10.2 Å². The van der Waals surface area contributed by atoms with Crippen molar-refractivity contribution in [2.45, 2.75) is 38.3 Å². The fourth-order valence-electron chi connectivity index (χ4n) is 4.36. The zero-order valence-electron chi connectivity index (χ0n) is 16.6. The topological polar surface area (TPSA) is 67.6 Å². The number of carbonyl (C=O) groups is 1. The second-order valence-corrected chi connectivity index (χ2v) is 8.01. The summed E-state index contributed by atoms with van der Waals surface area (Å²) in [4.78, 5) is 14.9. The molecule has 1 heterocycles. The van der Waals surface area contributed by atoms with Gasteiger partial charge in [-0.05, 0) is 44.4 Å². The number of nitrogens with one attached hydrogen (secondary N) is 1. The van der Waals surface area contributed by atoms with E-state index < -0.39 is 0 Å². The molecule has 2 aliphatic rings. The SMILES string of the molecule is CC1CN(C(CNC(=O)[C@@H]2CCC[C@@H]2CN)c2c(F)cccc2Cl)CCO1.Cl.Cl. The first-order valence-electron chi connectivity index (χ1n) is 9.78. The molecular weight excluding hydrogens is 440 g/mol. The van der Waals surface area contributed by atoms with Gasteiger partial charge in [-0.3, -0.25) is 9.69 Å². The van der Waals surface area contributed by atoms with E-state index in [9.17, 15) is 9.18 Å². The minimum absolute atomic E-state index is 0. The number of hydrogen-bond donors (Lipinski definition) is 2. The molecule has 0 spiro atoms. The van der Waals surface area contributed by atoms with Crippen LogP contribution < -0.4 is 11.1 Å². The lowest BCUT2D eigenvalue weighted by Gasteiger charge is -2.38. The highest BCUT2D eigenvalue weighted by Gasteiger charge is 2.34. The summed E-state index contributed by atoms with van der Waals surface area (Å²) in [5.74, 6) is -0.137. The molecular formula is C20H31Cl3FN3O2. The third-order valence-electron chi connectivity index (χ3n) is 5.81. The number of hydrogen-bond acceptors (Lipinski definition) is 4. The van der Waals surface area contributed by atoms with Crippen LogP contribution in [0.4, 0.5) is 4.39 Å². The Balaban J connectivity index is 0.00000210. The predicted molar refractivity (Wildman–Crippen MR) is 119 cm³/mol. The average Bonchev–Trinajstić information content (AvgIpc) is 3.12. The first kappa shape index (κ1) is 26.4. The lowest BCUT2D eigenvalue weighted by Crippen LogP contribution is -2.47. The highest BCUT2D eigenvalue weighted by atomic mass is 35.5. The lowest BCUT2D eigenvalue weighted by atomic mass is 9.95. The molecule has 0 radical (unpaired) electrons. The van der Waals surface area contributed by atoms with Crippen molar-refractivity contribution >= 4 is 42.3 Å². The number of rotatable bonds is 6. The summed E-state index contributed by atoms with van der Waals surface area (Å²) in [6, 6.07) is 4.39. The van der Waals surface area contributed by atoms with Crippen LogP contribution in [0.5, 0.6) is 0 Å². The molecule has 2 fully saturated rings. The van der Waals surface area contributed by atoms with Crippen molar-refractivity contribution < 1.29 is 13.9 Å². The van der Waals surface area contributed by atoms with Crippen molar-refractivity contribution in [3.63, 3.8) is 0 Å². The molecule has 2 unspecified atom stereocenters. The second-order valence-electron chi connectivity index (χ2n) is 7.61. The molecule has 1 aromatic carbocycles. The fraction of sp³-hybridized carbons (Fsp3) is 0.650. The molecule has 166 valence electrons. The van der Waals surface area contributed by atoms with Gasteiger partial charge in [-0.15, -0.1) is 24.8 Å². The molecule has 1 aromatic rings. The quantitative estimate of drug-likeness (QED) is 0.667. The third-order valence-corrected chi connectivity index (χ3v) is 6.14. The highest BCUT2D eigenvalue weighted by Crippen LogP contribution is 2.33. The van der Waals surface area contributed by atoms with Gasteiger partial charge in [0.2, 0.25) is 5.91 Å². The molecule has 4 atom stereocenters. The Bertz CT molecular complexity index is 648. The number of carbonyl (C=O) groups excluding carboxylic acids is 1. The third kappa shape index (κ3) is 6.42. The molecule has 29 heavy (non-hydrogen) atoms. The molecule has 0 aromatic heterocycles. The predicted octanol–water partition coefficient (Wildman–Crippen LogP) is 3.58. The van der Waals surface area contributed by atoms with E-state index in [0.29, 0.717) is 43.4 Å². The standard InChI is InChI=1S/C20H29ClFN3O2.2ClH/c1-13-12-25(8-9-27-13)18(19-16(21)6-3-7-17(19)22)11-24-20(26)15-5-2-4-14(15)10-23;;/h3,6-7,13-15,18H,2,4-5,8-12,23H2,1H3,(H,24,26);2*1H/t13?,14-,15-,18?;;/m1../s1. The van der Waals surface area contributed by atoms with Crippen LogP contribution in [0.15, 0.2) is 18.2 Å². The lowest BCUT2D eigenvalue weighted by molar-refractivity contribution is -0.126. The van der Waals surface area contributed by atoms with Gasteiger partial charge in [0.1, 0.15) is 5.82 Å². The van der Waals surface area contributed by atoms with E-state index in [1.807, 2.05) is 6.92 Å². The Morgan fingerprint density at radius 3 is 2.83 bits per heavy atom. The minimum atomic E-state index is -0.346. The van der Waals surface area contributed by atoms with Crippen molar-refractivity contribution in [1.29, 1.82) is 0 Å². The summed E-state index contributed by atoms with van der Waals surface area (Å²) in [7, 11) is 0. The number of halogens is 4. The van der Waals surface area contributed by atoms with Gasteiger partial charge in [0.15, 0.2) is 0 Å². The summed E-state index contributed by atoms with van der Waals surface area (Å²) in [6.07, 6.45) is 2.95. The van der Waals surface area contributed by atoms with Gasteiger partial charge in [-0.2, -0.15) is 0 Å². The van der Waals surface area contributed by atoms with Crippen LogP contribution in [0.3, 0.4) is 0 Å². The molecule has 1 saturated carbocycles. The highest BCUT2D eigenvalue weighted by molar-refractivity contribution is 6.31. The van der Waals surface area contributed by atoms with Crippen LogP contribution in [0.2, 0.25) is 5.02 Å². The number of nitrogens with zero attached hydrogens (tertiary/aromatic N) is 1. The largest absolute Gasteiger partial charge is 0.376 e. The number of morpholine rings is 1. The van der Waals surface area contributed by atoms with Crippen molar-refractivity contribution in [3.8, 4) is 0 Å². The summed E-state index contributed by atoms with van der Waals surface area (Å²) >= 11 is 6.34. The number of benzene rings is 1. The molecule has 9 heteroatoms. The Hall–Kier alpha value is -0.630. The Kier molecular flexibility index (Phi) is 11.2. The summed E-state index contributed by atoms with van der Waals surface area (Å²) in [5, 5.41) is 3.44. The Morgan fingerprint density at radius 2 is 2.17 bits per heavy atom. The van der Waals surface area contributed by atoms with Gasteiger partial charge in [0.25, 0.3) is 0 Å². The first-order chi connectivity index (χ1) is 13.0. The summed E-state index contributed by atoms with van der Waals surface area (Å²) in [6.45, 7) is 4.76. The van der Waals surface area contributed by atoms with Crippen LogP contribution in [0.1, 0.15) is 37.8 Å². The summed E-state index contributed by atoms with van der Waals surface area (Å²) < 4.78 is 20.2. The van der Waals surface area contributed by atoms with Gasteiger partial charge in [-0.25, -0.2) is 4.39 Å². The van der Waals surface area contributed by atoms with E-state index in [1.165, 1.54) is 6.07 Å². The van der Waals surface area contributed by atoms with E-state index in [-0.39, 0.29) is 60.5 Å². The van der Waals surface area contributed by atoms with Crippen LogP contribution in [-0.4, -0.2) is 49.7 Å². The number of nitrogens with two attached hydrogens (primary N) is 1. The molecule has 0 bridgehead atoms. The summed E-state index contributed by atoms with van der Waals surface area (Å²) in [5.41, 5.74) is 6.25. The average molecular weight is 471 g/mol. The maximum atomic E-state index is 14.6. The second kappa shape index (κ2) is 12.3. The van der Waals surface area contributed by atoms with E-state index in [4.69, 9.17) is 22.1 Å². The van der Waals surface area contributed by atoms with Gasteiger partial charge < -0.3 is 15.8 Å². The molecule has 3 rings (SSSR count). The molecule has 1 aliphatic heterocycles. The van der Waals surface area contributed by atoms with Crippen LogP contribution in [0, 0.1) is 17.7 Å². The van der Waals surface area contributed by atoms with Crippen LogP contribution in [0.25, 0.3) is 0 Å². The van der Waals surface area contributed by atoms with Crippen LogP contribution in [-0.2, 0) is 9.53 Å². The first-order valence-corrected chi connectivity index (χ1v) is 10.2. The van der Waals surface area contributed by atoms with Crippen molar-refractivity contribution in [2.24, 2.45) is 17.6 Å². The van der Waals surface area contributed by atoms with Gasteiger partial charge in [-0.1, -0.05) is 24.1 Å². The monoisotopic (exact) mass is 469 g/mol. The zero-order valence-corrected chi connectivity index (χ0v) is 19.0. The molecule has 1 amide bonds. The van der Waals surface area contributed by atoms with Crippen LogP contribution >= 0.6 is 36.4 Å². The molecule has 1 saturated heterocycles. The van der Waals surface area contributed by atoms with Gasteiger partial charge in [0, 0.05) is 36.1 Å². The van der Waals surface area contributed by atoms with E-state index >= 15 is 0 Å². The van der Waals surface area contributed by atoms with Gasteiger partial charge >= 0.3 is 0 Å². The molecule has 5 nitrogen and oxygen atoms in total. The van der Waals surface area contributed by atoms with Gasteiger partial charge in [0.05, 0.1) is 18.8 Å². The van der Waals surface area contributed by atoms with E-state index in [1.54, 1.807) is 12.1 Å². The smallest absolute Gasteiger partial charge is 0.223 e. The molecule has 3 N–H and O–H groups in total. The number of amides is 1. The Morgan fingerprint density at radius 1 is 1.41 bits per heavy atom.